The quantitative estimate of drug-likeness (QED) is 0.871. The van der Waals surface area contributed by atoms with E-state index in [4.69, 9.17) is 9.31 Å². The number of nitrogens with zero attached hydrogens (tertiary/aromatic N) is 1. The first-order valence-electron chi connectivity index (χ1n) is 8.45. The molecule has 0 bridgehead atoms. The van der Waals surface area contributed by atoms with Crippen LogP contribution >= 0.6 is 0 Å². The van der Waals surface area contributed by atoms with E-state index in [1.165, 1.54) is 32.1 Å². The van der Waals surface area contributed by atoms with Crippen molar-refractivity contribution in [2.24, 2.45) is 0 Å². The molecule has 3 rings (SSSR count). The predicted octanol–water partition coefficient (Wildman–Crippen LogP) is 3.13. The third-order valence-electron chi connectivity index (χ3n) is 5.27. The second-order valence-electron chi connectivity index (χ2n) is 7.54. The van der Waals surface area contributed by atoms with Crippen LogP contribution < -0.4 is 10.8 Å². The standard InChI is InChI=1S/C17H27BN2O2/c1-16(2)17(3,4)22-18(21-16)13-10-11-15(19-12-13)20-14-8-6-5-7-9-14/h10-12,14H,5-9H2,1-4H3,(H,19,20). The van der Waals surface area contributed by atoms with Crippen LogP contribution in [0.5, 0.6) is 0 Å². The summed E-state index contributed by atoms with van der Waals surface area (Å²) in [4.78, 5) is 4.54. The lowest BCUT2D eigenvalue weighted by Crippen LogP contribution is -2.41. The fourth-order valence-corrected chi connectivity index (χ4v) is 3.07. The van der Waals surface area contributed by atoms with Crippen molar-refractivity contribution in [3.63, 3.8) is 0 Å². The molecule has 2 fully saturated rings. The first-order chi connectivity index (χ1) is 10.4. The van der Waals surface area contributed by atoms with Crippen LogP contribution in [0, 0.1) is 0 Å². The lowest BCUT2D eigenvalue weighted by molar-refractivity contribution is 0.00578. The second-order valence-corrected chi connectivity index (χ2v) is 7.54. The minimum atomic E-state index is -0.332. The monoisotopic (exact) mass is 302 g/mol. The average molecular weight is 302 g/mol. The molecule has 120 valence electrons. The molecular formula is C17H27BN2O2. The van der Waals surface area contributed by atoms with Crippen LogP contribution in [-0.4, -0.2) is 29.3 Å². The third kappa shape index (κ3) is 3.16. The summed E-state index contributed by atoms with van der Waals surface area (Å²) in [5.41, 5.74) is 0.362. The topological polar surface area (TPSA) is 43.4 Å². The molecule has 1 aromatic rings. The molecule has 1 aliphatic heterocycles. The molecule has 0 amide bonds. The van der Waals surface area contributed by atoms with Gasteiger partial charge in [0.2, 0.25) is 0 Å². The highest BCUT2D eigenvalue weighted by Crippen LogP contribution is 2.36. The fourth-order valence-electron chi connectivity index (χ4n) is 3.07. The van der Waals surface area contributed by atoms with E-state index in [9.17, 15) is 0 Å². The van der Waals surface area contributed by atoms with Gasteiger partial charge in [-0.1, -0.05) is 25.3 Å². The number of aromatic nitrogens is 1. The number of rotatable bonds is 3. The van der Waals surface area contributed by atoms with Crippen LogP contribution in [0.1, 0.15) is 59.8 Å². The van der Waals surface area contributed by atoms with Gasteiger partial charge >= 0.3 is 7.12 Å². The third-order valence-corrected chi connectivity index (χ3v) is 5.27. The molecule has 0 radical (unpaired) electrons. The van der Waals surface area contributed by atoms with Crippen LogP contribution in [0.25, 0.3) is 0 Å². The molecule has 5 heteroatoms. The van der Waals surface area contributed by atoms with Gasteiger partial charge in [-0.25, -0.2) is 4.98 Å². The zero-order valence-electron chi connectivity index (χ0n) is 14.2. The largest absolute Gasteiger partial charge is 0.496 e. The molecule has 1 N–H and O–H groups in total. The summed E-state index contributed by atoms with van der Waals surface area (Å²) >= 11 is 0. The van der Waals surface area contributed by atoms with E-state index in [2.05, 4.69) is 44.1 Å². The van der Waals surface area contributed by atoms with E-state index in [0.717, 1.165) is 11.3 Å². The molecule has 0 spiro atoms. The Bertz CT molecular complexity index is 494. The van der Waals surface area contributed by atoms with Crippen molar-refractivity contribution in [3.05, 3.63) is 18.3 Å². The molecule has 0 atom stereocenters. The van der Waals surface area contributed by atoms with E-state index < -0.39 is 0 Å². The number of nitrogens with one attached hydrogen (secondary N) is 1. The molecule has 1 saturated carbocycles. The summed E-state index contributed by atoms with van der Waals surface area (Å²) in [5.74, 6) is 0.951. The minimum absolute atomic E-state index is 0.309. The van der Waals surface area contributed by atoms with Crippen molar-refractivity contribution < 1.29 is 9.31 Å². The molecule has 1 aliphatic carbocycles. The van der Waals surface area contributed by atoms with Crippen LogP contribution in [0.15, 0.2) is 18.3 Å². The molecule has 0 aromatic carbocycles. The molecular weight excluding hydrogens is 275 g/mol. The van der Waals surface area contributed by atoms with Gasteiger partial charge in [-0.3, -0.25) is 0 Å². The summed E-state index contributed by atoms with van der Waals surface area (Å²) < 4.78 is 12.1. The van der Waals surface area contributed by atoms with Gasteiger partial charge in [0.05, 0.1) is 11.2 Å². The van der Waals surface area contributed by atoms with Gasteiger partial charge in [-0.15, -0.1) is 0 Å². The first kappa shape index (κ1) is 15.8. The van der Waals surface area contributed by atoms with Gasteiger partial charge in [0.25, 0.3) is 0 Å². The van der Waals surface area contributed by atoms with E-state index in [1.54, 1.807) is 0 Å². The molecule has 2 aliphatic rings. The zero-order chi connectivity index (χ0) is 15.8. The zero-order valence-corrected chi connectivity index (χ0v) is 14.2. The van der Waals surface area contributed by atoms with Crippen LogP contribution in [0.3, 0.4) is 0 Å². The maximum atomic E-state index is 6.06. The molecule has 0 unspecified atom stereocenters. The first-order valence-corrected chi connectivity index (χ1v) is 8.45. The summed E-state index contributed by atoms with van der Waals surface area (Å²) in [6, 6.07) is 4.67. The average Bonchev–Trinajstić information content (AvgIpc) is 2.69. The highest BCUT2D eigenvalue weighted by molar-refractivity contribution is 6.62. The fraction of sp³-hybridized carbons (Fsp3) is 0.706. The number of hydrogen-bond donors (Lipinski definition) is 1. The number of pyridine rings is 1. The van der Waals surface area contributed by atoms with Gasteiger partial charge < -0.3 is 14.6 Å². The summed E-state index contributed by atoms with van der Waals surface area (Å²) in [6.45, 7) is 8.28. The molecule has 1 saturated heterocycles. The number of hydrogen-bond acceptors (Lipinski definition) is 4. The van der Waals surface area contributed by atoms with Crippen molar-refractivity contribution in [3.8, 4) is 0 Å². The highest BCUT2D eigenvalue weighted by atomic mass is 16.7. The summed E-state index contributed by atoms with van der Waals surface area (Å²) in [6.07, 6.45) is 8.38. The molecule has 22 heavy (non-hydrogen) atoms. The molecule has 2 heterocycles. The van der Waals surface area contributed by atoms with Crippen molar-refractivity contribution in [2.45, 2.75) is 77.0 Å². The normalized spacial score (nSPS) is 24.5. The predicted molar refractivity (Wildman–Crippen MR) is 90.4 cm³/mol. The van der Waals surface area contributed by atoms with Gasteiger partial charge in [-0.2, -0.15) is 0 Å². The van der Waals surface area contributed by atoms with Crippen molar-refractivity contribution >= 4 is 18.4 Å². The van der Waals surface area contributed by atoms with Crippen LogP contribution in [0.4, 0.5) is 5.82 Å². The Morgan fingerprint density at radius 2 is 1.68 bits per heavy atom. The van der Waals surface area contributed by atoms with E-state index >= 15 is 0 Å². The summed E-state index contributed by atoms with van der Waals surface area (Å²) in [5, 5.41) is 3.54. The Kier molecular flexibility index (Phi) is 4.21. The molecule has 1 aromatic heterocycles. The van der Waals surface area contributed by atoms with Crippen molar-refractivity contribution in [2.75, 3.05) is 5.32 Å². The highest BCUT2D eigenvalue weighted by Gasteiger charge is 2.51. The van der Waals surface area contributed by atoms with Crippen molar-refractivity contribution in [1.29, 1.82) is 0 Å². The smallest absolute Gasteiger partial charge is 0.399 e. The van der Waals surface area contributed by atoms with Gasteiger partial charge in [0.1, 0.15) is 5.82 Å². The van der Waals surface area contributed by atoms with Crippen LogP contribution in [0.2, 0.25) is 0 Å². The SMILES string of the molecule is CC1(C)OB(c2ccc(NC3CCCCC3)nc2)OC1(C)C. The lowest BCUT2D eigenvalue weighted by Gasteiger charge is -2.32. The van der Waals surface area contributed by atoms with E-state index in [1.807, 2.05) is 12.3 Å². The Morgan fingerprint density at radius 1 is 1.05 bits per heavy atom. The molecule has 4 nitrogen and oxygen atoms in total. The number of anilines is 1. The lowest BCUT2D eigenvalue weighted by atomic mass is 9.80. The summed E-state index contributed by atoms with van der Waals surface area (Å²) in [7, 11) is -0.332. The Balaban J connectivity index is 1.65. The van der Waals surface area contributed by atoms with Gasteiger partial charge in [-0.05, 0) is 46.6 Å². The Labute approximate surface area is 134 Å². The van der Waals surface area contributed by atoms with Gasteiger partial charge in [0, 0.05) is 17.7 Å². The van der Waals surface area contributed by atoms with E-state index in [-0.39, 0.29) is 18.3 Å². The Hall–Kier alpha value is -1.07. The minimum Gasteiger partial charge on any atom is -0.399 e. The Morgan fingerprint density at radius 3 is 2.23 bits per heavy atom. The maximum Gasteiger partial charge on any atom is 0.496 e. The van der Waals surface area contributed by atoms with Crippen LogP contribution in [-0.2, 0) is 9.31 Å². The van der Waals surface area contributed by atoms with Crippen molar-refractivity contribution in [1.82, 2.24) is 4.98 Å². The second kappa shape index (κ2) is 5.86. The van der Waals surface area contributed by atoms with E-state index in [0.29, 0.717) is 6.04 Å². The maximum absolute atomic E-state index is 6.06. The van der Waals surface area contributed by atoms with Gasteiger partial charge in [0.15, 0.2) is 0 Å².